The van der Waals surface area contributed by atoms with Crippen molar-refractivity contribution in [3.8, 4) is 0 Å². The third-order valence-corrected chi connectivity index (χ3v) is 2.88. The summed E-state index contributed by atoms with van der Waals surface area (Å²) in [5, 5.41) is 9.10. The molecule has 0 bridgehead atoms. The van der Waals surface area contributed by atoms with Gasteiger partial charge < -0.3 is 5.11 Å². The van der Waals surface area contributed by atoms with E-state index in [0.717, 1.165) is 12.8 Å². The molecule has 0 amide bonds. The highest BCUT2D eigenvalue weighted by Crippen LogP contribution is 2.42. The lowest BCUT2D eigenvalue weighted by Crippen LogP contribution is -2.40. The summed E-state index contributed by atoms with van der Waals surface area (Å²) in [5.74, 6) is -0.683. The van der Waals surface area contributed by atoms with Crippen LogP contribution >= 0.6 is 0 Å². The van der Waals surface area contributed by atoms with Gasteiger partial charge in [-0.15, -0.1) is 0 Å². The molecule has 0 aliphatic heterocycles. The standard InChI is InChI=1S/C10H20O2.C2H6/c1-6-7-10(5,8(11)12)9(2,3)4;1-2/h6-7H2,1-5H3,(H,11,12);1-2H3. The van der Waals surface area contributed by atoms with Gasteiger partial charge in [0, 0.05) is 0 Å². The number of carbonyl (C=O) groups is 1. The average Bonchev–Trinajstić information content (AvgIpc) is 2.06. The smallest absolute Gasteiger partial charge is 0.309 e. The van der Waals surface area contributed by atoms with Gasteiger partial charge in [-0.1, -0.05) is 48.0 Å². The van der Waals surface area contributed by atoms with Crippen molar-refractivity contribution in [1.29, 1.82) is 0 Å². The van der Waals surface area contributed by atoms with E-state index in [0.29, 0.717) is 0 Å². The topological polar surface area (TPSA) is 37.3 Å². The van der Waals surface area contributed by atoms with Crippen LogP contribution in [0.4, 0.5) is 0 Å². The highest BCUT2D eigenvalue weighted by molar-refractivity contribution is 5.75. The summed E-state index contributed by atoms with van der Waals surface area (Å²) < 4.78 is 0. The molecule has 0 rings (SSSR count). The molecule has 0 saturated heterocycles. The first-order valence-electron chi connectivity index (χ1n) is 5.49. The molecule has 2 heteroatoms. The highest BCUT2D eigenvalue weighted by Gasteiger charge is 2.43. The van der Waals surface area contributed by atoms with Crippen molar-refractivity contribution in [1.82, 2.24) is 0 Å². The molecule has 1 N–H and O–H groups in total. The summed E-state index contributed by atoms with van der Waals surface area (Å²) in [4.78, 5) is 11.1. The van der Waals surface area contributed by atoms with Gasteiger partial charge in [0.2, 0.25) is 0 Å². The molecule has 0 radical (unpaired) electrons. The number of carboxylic acid groups (broad SMARTS) is 1. The molecule has 1 atom stereocenters. The minimum absolute atomic E-state index is 0.172. The summed E-state index contributed by atoms with van der Waals surface area (Å²) >= 11 is 0. The zero-order chi connectivity index (χ0) is 12.0. The fourth-order valence-corrected chi connectivity index (χ4v) is 1.30. The number of hydrogen-bond acceptors (Lipinski definition) is 1. The van der Waals surface area contributed by atoms with Crippen molar-refractivity contribution in [2.75, 3.05) is 0 Å². The van der Waals surface area contributed by atoms with Gasteiger partial charge in [-0.25, -0.2) is 0 Å². The largest absolute Gasteiger partial charge is 0.481 e. The molecule has 1 unspecified atom stereocenters. The van der Waals surface area contributed by atoms with Crippen LogP contribution in [0.25, 0.3) is 0 Å². The average molecular weight is 202 g/mol. The van der Waals surface area contributed by atoms with E-state index >= 15 is 0 Å². The van der Waals surface area contributed by atoms with Gasteiger partial charge in [-0.3, -0.25) is 4.79 Å². The van der Waals surface area contributed by atoms with E-state index in [4.69, 9.17) is 5.11 Å². The quantitative estimate of drug-likeness (QED) is 0.752. The fraction of sp³-hybridized carbons (Fsp3) is 0.917. The van der Waals surface area contributed by atoms with Crippen molar-refractivity contribution in [3.05, 3.63) is 0 Å². The second kappa shape index (κ2) is 6.05. The van der Waals surface area contributed by atoms with Crippen LogP contribution in [0.3, 0.4) is 0 Å². The van der Waals surface area contributed by atoms with Crippen LogP contribution in [0.1, 0.15) is 61.3 Å². The molecule has 0 aliphatic rings. The van der Waals surface area contributed by atoms with E-state index < -0.39 is 11.4 Å². The molecule has 0 heterocycles. The number of aliphatic carboxylic acids is 1. The maximum Gasteiger partial charge on any atom is 0.309 e. The Labute approximate surface area is 88.7 Å². The predicted octanol–water partition coefficient (Wildman–Crippen LogP) is 3.95. The number of hydrogen-bond donors (Lipinski definition) is 1. The molecular weight excluding hydrogens is 176 g/mol. The van der Waals surface area contributed by atoms with Crippen molar-refractivity contribution in [2.45, 2.75) is 61.3 Å². The van der Waals surface area contributed by atoms with Gasteiger partial charge in [-0.05, 0) is 18.8 Å². The Morgan fingerprint density at radius 2 is 1.50 bits per heavy atom. The van der Waals surface area contributed by atoms with Crippen LogP contribution < -0.4 is 0 Å². The molecule has 2 nitrogen and oxygen atoms in total. The summed E-state index contributed by atoms with van der Waals surface area (Å²) in [6.07, 6.45) is 1.66. The Kier molecular flexibility index (Phi) is 6.88. The van der Waals surface area contributed by atoms with Crippen LogP contribution in [-0.4, -0.2) is 11.1 Å². The van der Waals surface area contributed by atoms with Crippen molar-refractivity contribution < 1.29 is 9.90 Å². The molecule has 0 spiro atoms. The van der Waals surface area contributed by atoms with Crippen molar-refractivity contribution in [3.63, 3.8) is 0 Å². The second-order valence-corrected chi connectivity index (χ2v) is 4.64. The first-order chi connectivity index (χ1) is 6.25. The van der Waals surface area contributed by atoms with Gasteiger partial charge in [0.1, 0.15) is 0 Å². The van der Waals surface area contributed by atoms with Gasteiger partial charge in [0.25, 0.3) is 0 Å². The van der Waals surface area contributed by atoms with Crippen LogP contribution in [0.2, 0.25) is 0 Å². The number of rotatable bonds is 3. The lowest BCUT2D eigenvalue weighted by Gasteiger charge is -2.37. The minimum atomic E-state index is -0.683. The zero-order valence-electron chi connectivity index (χ0n) is 10.8. The molecule has 0 aromatic heterocycles. The minimum Gasteiger partial charge on any atom is -0.481 e. The molecule has 0 saturated carbocycles. The molecule has 0 aliphatic carbocycles. The van der Waals surface area contributed by atoms with Crippen molar-refractivity contribution in [2.24, 2.45) is 10.8 Å². The van der Waals surface area contributed by atoms with Crippen LogP contribution in [0.5, 0.6) is 0 Å². The third kappa shape index (κ3) is 3.69. The summed E-state index contributed by atoms with van der Waals surface area (Å²) in [5.41, 5.74) is -0.767. The van der Waals surface area contributed by atoms with Crippen LogP contribution in [0, 0.1) is 10.8 Å². The van der Waals surface area contributed by atoms with Gasteiger partial charge in [0.05, 0.1) is 5.41 Å². The SMILES string of the molecule is CC.CCCC(C)(C(=O)O)C(C)(C)C. The zero-order valence-corrected chi connectivity index (χ0v) is 10.8. The summed E-state index contributed by atoms with van der Waals surface area (Å²) in [7, 11) is 0. The number of carboxylic acids is 1. The normalized spacial score (nSPS) is 15.1. The lowest BCUT2D eigenvalue weighted by molar-refractivity contribution is -0.155. The first kappa shape index (κ1) is 15.9. The van der Waals surface area contributed by atoms with E-state index in [1.165, 1.54) is 0 Å². The second-order valence-electron chi connectivity index (χ2n) is 4.64. The summed E-state index contributed by atoms with van der Waals surface area (Å²) in [6.45, 7) is 13.8. The van der Waals surface area contributed by atoms with E-state index in [1.807, 2.05) is 48.5 Å². The Morgan fingerprint density at radius 1 is 1.14 bits per heavy atom. The Morgan fingerprint density at radius 3 is 1.57 bits per heavy atom. The van der Waals surface area contributed by atoms with Gasteiger partial charge in [-0.2, -0.15) is 0 Å². The Bertz CT molecular complexity index is 168. The highest BCUT2D eigenvalue weighted by atomic mass is 16.4. The van der Waals surface area contributed by atoms with Gasteiger partial charge in [0.15, 0.2) is 0 Å². The Balaban J connectivity index is 0. The molecular formula is C12H26O2. The molecule has 0 aromatic carbocycles. The molecule has 0 fully saturated rings. The summed E-state index contributed by atoms with van der Waals surface area (Å²) in [6, 6.07) is 0. The monoisotopic (exact) mass is 202 g/mol. The van der Waals surface area contributed by atoms with Crippen LogP contribution in [0.15, 0.2) is 0 Å². The van der Waals surface area contributed by atoms with E-state index in [1.54, 1.807) is 0 Å². The first-order valence-corrected chi connectivity index (χ1v) is 5.49. The van der Waals surface area contributed by atoms with E-state index in [2.05, 4.69) is 0 Å². The van der Waals surface area contributed by atoms with Crippen molar-refractivity contribution >= 4 is 5.97 Å². The van der Waals surface area contributed by atoms with Crippen LogP contribution in [-0.2, 0) is 4.79 Å². The molecule has 86 valence electrons. The molecule has 0 aromatic rings. The van der Waals surface area contributed by atoms with Gasteiger partial charge >= 0.3 is 5.97 Å². The van der Waals surface area contributed by atoms with E-state index in [9.17, 15) is 4.79 Å². The third-order valence-electron chi connectivity index (χ3n) is 2.88. The molecule has 14 heavy (non-hydrogen) atoms. The predicted molar refractivity (Wildman–Crippen MR) is 61.5 cm³/mol. The lowest BCUT2D eigenvalue weighted by atomic mass is 9.65. The maximum absolute atomic E-state index is 11.1. The maximum atomic E-state index is 11.1. The Hall–Kier alpha value is -0.530. The fourth-order valence-electron chi connectivity index (χ4n) is 1.30. The van der Waals surface area contributed by atoms with E-state index in [-0.39, 0.29) is 5.41 Å².